The quantitative estimate of drug-likeness (QED) is 0.653. The summed E-state index contributed by atoms with van der Waals surface area (Å²) in [4.78, 5) is 12.4. The number of aliphatic carboxylic acids is 1. The SMILES string of the molecule is C[C@H]1CC[C@@H](C(=O)O)N1C.Cl. The maximum Gasteiger partial charge on any atom is 0.320 e. The molecule has 0 bridgehead atoms. The van der Waals surface area contributed by atoms with Crippen LogP contribution in [-0.2, 0) is 4.79 Å². The molecule has 1 fully saturated rings. The Bertz CT molecular complexity index is 151. The molecule has 0 aromatic rings. The second-order valence-electron chi connectivity index (χ2n) is 2.95. The Hall–Kier alpha value is -0.280. The molecule has 1 N–H and O–H groups in total. The van der Waals surface area contributed by atoms with Crippen LogP contribution in [0.15, 0.2) is 0 Å². The number of likely N-dealkylation sites (tertiary alicyclic amines) is 1. The van der Waals surface area contributed by atoms with Crippen LogP contribution in [0.2, 0.25) is 0 Å². The van der Waals surface area contributed by atoms with E-state index in [1.807, 2.05) is 11.9 Å². The van der Waals surface area contributed by atoms with E-state index in [2.05, 4.69) is 6.92 Å². The molecule has 2 atom stereocenters. The lowest BCUT2D eigenvalue weighted by molar-refractivity contribution is -0.142. The van der Waals surface area contributed by atoms with Crippen molar-refractivity contribution in [2.45, 2.75) is 31.8 Å². The van der Waals surface area contributed by atoms with Crippen LogP contribution in [0.1, 0.15) is 19.8 Å². The Morgan fingerprint density at radius 3 is 2.27 bits per heavy atom. The van der Waals surface area contributed by atoms with Crippen molar-refractivity contribution in [2.24, 2.45) is 0 Å². The molecule has 0 amide bonds. The normalized spacial score (nSPS) is 31.5. The van der Waals surface area contributed by atoms with Gasteiger partial charge in [-0.1, -0.05) is 0 Å². The third-order valence-corrected chi connectivity index (χ3v) is 2.33. The maximum atomic E-state index is 10.5. The number of rotatable bonds is 1. The summed E-state index contributed by atoms with van der Waals surface area (Å²) in [5.74, 6) is -0.688. The number of carboxylic acid groups (broad SMARTS) is 1. The summed E-state index contributed by atoms with van der Waals surface area (Å²) in [6.07, 6.45) is 1.81. The number of carboxylic acids is 1. The average Bonchev–Trinajstić information content (AvgIpc) is 2.14. The van der Waals surface area contributed by atoms with E-state index in [-0.39, 0.29) is 18.4 Å². The molecule has 1 heterocycles. The summed E-state index contributed by atoms with van der Waals surface area (Å²) in [6, 6.07) is 0.191. The summed E-state index contributed by atoms with van der Waals surface area (Å²) in [5.41, 5.74) is 0. The van der Waals surface area contributed by atoms with Gasteiger partial charge in [0.2, 0.25) is 0 Å². The molecular formula is C7H14ClNO2. The Kier molecular flexibility index (Phi) is 3.83. The van der Waals surface area contributed by atoms with Crippen LogP contribution < -0.4 is 0 Å². The fourth-order valence-electron chi connectivity index (χ4n) is 1.41. The predicted octanol–water partition coefficient (Wildman–Crippen LogP) is 0.976. The van der Waals surface area contributed by atoms with Crippen molar-refractivity contribution < 1.29 is 9.90 Å². The highest BCUT2D eigenvalue weighted by atomic mass is 35.5. The van der Waals surface area contributed by atoms with Gasteiger partial charge < -0.3 is 5.11 Å². The molecule has 0 unspecified atom stereocenters. The minimum atomic E-state index is -0.688. The minimum Gasteiger partial charge on any atom is -0.480 e. The maximum absolute atomic E-state index is 10.5. The summed E-state index contributed by atoms with van der Waals surface area (Å²) < 4.78 is 0. The molecule has 0 aromatic heterocycles. The van der Waals surface area contributed by atoms with E-state index in [1.54, 1.807) is 0 Å². The lowest BCUT2D eigenvalue weighted by Crippen LogP contribution is -2.36. The third kappa shape index (κ3) is 2.07. The van der Waals surface area contributed by atoms with Crippen LogP contribution in [-0.4, -0.2) is 35.1 Å². The van der Waals surface area contributed by atoms with Gasteiger partial charge in [0.1, 0.15) is 6.04 Å². The van der Waals surface area contributed by atoms with Crippen LogP contribution in [0, 0.1) is 0 Å². The van der Waals surface area contributed by atoms with Gasteiger partial charge in [0.25, 0.3) is 0 Å². The van der Waals surface area contributed by atoms with Crippen molar-refractivity contribution in [1.82, 2.24) is 4.90 Å². The zero-order valence-corrected chi connectivity index (χ0v) is 7.60. The zero-order chi connectivity index (χ0) is 7.72. The van der Waals surface area contributed by atoms with Crippen molar-refractivity contribution >= 4 is 18.4 Å². The number of halogens is 1. The largest absolute Gasteiger partial charge is 0.480 e. The lowest BCUT2D eigenvalue weighted by Gasteiger charge is -2.19. The minimum absolute atomic E-state index is 0. The molecule has 11 heavy (non-hydrogen) atoms. The van der Waals surface area contributed by atoms with Crippen molar-refractivity contribution in [2.75, 3.05) is 7.05 Å². The van der Waals surface area contributed by atoms with E-state index >= 15 is 0 Å². The van der Waals surface area contributed by atoms with Gasteiger partial charge in [-0.25, -0.2) is 0 Å². The van der Waals surface area contributed by atoms with Gasteiger partial charge in [0.15, 0.2) is 0 Å². The molecular weight excluding hydrogens is 166 g/mol. The van der Waals surface area contributed by atoms with Gasteiger partial charge in [-0.3, -0.25) is 9.69 Å². The first-order valence-corrected chi connectivity index (χ1v) is 3.57. The van der Waals surface area contributed by atoms with E-state index in [4.69, 9.17) is 5.11 Å². The highest BCUT2D eigenvalue weighted by Gasteiger charge is 2.32. The molecule has 1 rings (SSSR count). The van der Waals surface area contributed by atoms with E-state index in [9.17, 15) is 4.79 Å². The summed E-state index contributed by atoms with van der Waals surface area (Å²) >= 11 is 0. The number of likely N-dealkylation sites (N-methyl/N-ethyl adjacent to an activating group) is 1. The van der Waals surface area contributed by atoms with Crippen molar-refractivity contribution in [1.29, 1.82) is 0 Å². The molecule has 1 saturated heterocycles. The first-order chi connectivity index (χ1) is 4.63. The van der Waals surface area contributed by atoms with Crippen LogP contribution in [0.4, 0.5) is 0 Å². The third-order valence-electron chi connectivity index (χ3n) is 2.33. The summed E-state index contributed by atoms with van der Waals surface area (Å²) in [5, 5.41) is 8.66. The van der Waals surface area contributed by atoms with Crippen molar-refractivity contribution in [3.05, 3.63) is 0 Å². The molecule has 0 spiro atoms. The van der Waals surface area contributed by atoms with E-state index in [0.29, 0.717) is 6.04 Å². The number of hydrogen-bond donors (Lipinski definition) is 1. The van der Waals surface area contributed by atoms with Gasteiger partial charge in [0.05, 0.1) is 0 Å². The molecule has 0 saturated carbocycles. The molecule has 66 valence electrons. The highest BCUT2D eigenvalue weighted by Crippen LogP contribution is 2.21. The van der Waals surface area contributed by atoms with Crippen LogP contribution in [0.5, 0.6) is 0 Å². The van der Waals surface area contributed by atoms with Gasteiger partial charge in [0, 0.05) is 6.04 Å². The van der Waals surface area contributed by atoms with Crippen molar-refractivity contribution in [3.63, 3.8) is 0 Å². The second-order valence-corrected chi connectivity index (χ2v) is 2.95. The molecule has 0 aliphatic carbocycles. The molecule has 3 nitrogen and oxygen atoms in total. The van der Waals surface area contributed by atoms with Crippen LogP contribution in [0.25, 0.3) is 0 Å². The van der Waals surface area contributed by atoms with E-state index in [1.165, 1.54) is 0 Å². The van der Waals surface area contributed by atoms with Gasteiger partial charge >= 0.3 is 5.97 Å². The van der Waals surface area contributed by atoms with Gasteiger partial charge in [-0.15, -0.1) is 12.4 Å². The molecule has 4 heteroatoms. The van der Waals surface area contributed by atoms with Gasteiger partial charge in [-0.2, -0.15) is 0 Å². The summed E-state index contributed by atoms with van der Waals surface area (Å²) in [7, 11) is 1.87. The Morgan fingerprint density at radius 1 is 1.55 bits per heavy atom. The highest BCUT2D eigenvalue weighted by molar-refractivity contribution is 5.85. The van der Waals surface area contributed by atoms with E-state index < -0.39 is 5.97 Å². The molecule has 1 aliphatic heterocycles. The lowest BCUT2D eigenvalue weighted by atomic mass is 10.2. The molecule has 0 radical (unpaired) electrons. The molecule has 1 aliphatic rings. The second kappa shape index (κ2) is 3.93. The Balaban J connectivity index is 0.000001000. The Labute approximate surface area is 72.8 Å². The molecule has 0 aromatic carbocycles. The monoisotopic (exact) mass is 179 g/mol. The van der Waals surface area contributed by atoms with E-state index in [0.717, 1.165) is 12.8 Å². The predicted molar refractivity (Wildman–Crippen MR) is 45.1 cm³/mol. The topological polar surface area (TPSA) is 40.5 Å². The van der Waals surface area contributed by atoms with Crippen molar-refractivity contribution in [3.8, 4) is 0 Å². The standard InChI is InChI=1S/C7H13NO2.ClH/c1-5-3-4-6(7(9)10)8(5)2;/h5-6H,3-4H2,1-2H3,(H,9,10);1H/t5-,6-;/m0./s1. The summed E-state index contributed by atoms with van der Waals surface area (Å²) in [6.45, 7) is 2.06. The Morgan fingerprint density at radius 2 is 2.09 bits per heavy atom. The van der Waals surface area contributed by atoms with Gasteiger partial charge in [-0.05, 0) is 26.8 Å². The van der Waals surface area contributed by atoms with Crippen LogP contribution in [0.3, 0.4) is 0 Å². The smallest absolute Gasteiger partial charge is 0.320 e. The first kappa shape index (κ1) is 10.7. The average molecular weight is 180 g/mol. The number of carbonyl (C=O) groups is 1. The van der Waals surface area contributed by atoms with Crippen LogP contribution >= 0.6 is 12.4 Å². The fraction of sp³-hybridized carbons (Fsp3) is 0.857. The number of nitrogens with zero attached hydrogens (tertiary/aromatic N) is 1. The number of hydrogen-bond acceptors (Lipinski definition) is 2. The first-order valence-electron chi connectivity index (χ1n) is 3.57. The fourth-order valence-corrected chi connectivity index (χ4v) is 1.41. The zero-order valence-electron chi connectivity index (χ0n) is 6.78.